The van der Waals surface area contributed by atoms with Crippen LogP contribution in [0.5, 0.6) is 0 Å². The van der Waals surface area contributed by atoms with Crippen molar-refractivity contribution in [2.24, 2.45) is 0 Å². The lowest BCUT2D eigenvalue weighted by Crippen LogP contribution is -2.17. The summed E-state index contributed by atoms with van der Waals surface area (Å²) in [5.41, 5.74) is 0.121. The molecular weight excluding hydrogens is 182 g/mol. The summed E-state index contributed by atoms with van der Waals surface area (Å²) in [6.45, 7) is 2.08. The van der Waals surface area contributed by atoms with E-state index in [9.17, 15) is 4.79 Å². The topological polar surface area (TPSA) is 75.1 Å². The summed E-state index contributed by atoms with van der Waals surface area (Å²) >= 11 is 0. The van der Waals surface area contributed by atoms with Crippen molar-refractivity contribution >= 4 is 11.8 Å². The maximum absolute atomic E-state index is 10.6. The van der Waals surface area contributed by atoms with Crippen LogP contribution in [-0.4, -0.2) is 26.6 Å². The number of rotatable bonds is 3. The van der Waals surface area contributed by atoms with Crippen molar-refractivity contribution in [1.29, 1.82) is 0 Å². The van der Waals surface area contributed by atoms with Gasteiger partial charge in [-0.2, -0.15) is 0 Å². The maximum Gasteiger partial charge on any atom is 0.354 e. The molecule has 2 rings (SSSR count). The minimum atomic E-state index is -1.03. The maximum atomic E-state index is 10.6. The Labute approximate surface area is 81.2 Å². The molecule has 0 unspecified atom stereocenters. The first-order chi connectivity index (χ1) is 6.59. The third kappa shape index (κ3) is 1.81. The fourth-order valence-corrected chi connectivity index (χ4v) is 1.16. The molecule has 5 nitrogen and oxygen atoms in total. The SMILES string of the molecule is CC1(Nc2cc(C(=O)O)ncn2)CC1. The van der Waals surface area contributed by atoms with Crippen molar-refractivity contribution < 1.29 is 9.90 Å². The fraction of sp³-hybridized carbons (Fsp3) is 0.444. The molecule has 1 aromatic heterocycles. The van der Waals surface area contributed by atoms with Gasteiger partial charge in [0, 0.05) is 11.6 Å². The Morgan fingerprint density at radius 3 is 2.86 bits per heavy atom. The zero-order chi connectivity index (χ0) is 10.2. The van der Waals surface area contributed by atoms with Crippen LogP contribution in [0.2, 0.25) is 0 Å². The molecule has 0 amide bonds. The van der Waals surface area contributed by atoms with Crippen LogP contribution in [0.25, 0.3) is 0 Å². The Morgan fingerprint density at radius 1 is 1.57 bits per heavy atom. The smallest absolute Gasteiger partial charge is 0.354 e. The third-order valence-electron chi connectivity index (χ3n) is 2.32. The van der Waals surface area contributed by atoms with E-state index in [1.807, 2.05) is 0 Å². The molecule has 0 atom stereocenters. The quantitative estimate of drug-likeness (QED) is 0.752. The van der Waals surface area contributed by atoms with E-state index < -0.39 is 5.97 Å². The molecule has 1 heterocycles. The molecular formula is C9H11N3O2. The van der Waals surface area contributed by atoms with Crippen LogP contribution in [0.3, 0.4) is 0 Å². The van der Waals surface area contributed by atoms with Crippen LogP contribution in [0.1, 0.15) is 30.3 Å². The Kier molecular flexibility index (Phi) is 1.87. The molecule has 0 radical (unpaired) electrons. The van der Waals surface area contributed by atoms with E-state index in [4.69, 9.17) is 5.11 Å². The number of anilines is 1. The number of carboxylic acids is 1. The summed E-state index contributed by atoms with van der Waals surface area (Å²) in [6.07, 6.45) is 3.45. The van der Waals surface area contributed by atoms with Crippen molar-refractivity contribution in [3.05, 3.63) is 18.1 Å². The number of carboxylic acid groups (broad SMARTS) is 1. The van der Waals surface area contributed by atoms with Crippen LogP contribution in [-0.2, 0) is 0 Å². The van der Waals surface area contributed by atoms with E-state index in [1.165, 1.54) is 12.4 Å². The van der Waals surface area contributed by atoms with Crippen LogP contribution in [0.4, 0.5) is 5.82 Å². The van der Waals surface area contributed by atoms with Crippen LogP contribution >= 0.6 is 0 Å². The predicted octanol–water partition coefficient (Wildman–Crippen LogP) is 1.14. The highest BCUT2D eigenvalue weighted by Gasteiger charge is 2.37. The average Bonchev–Trinajstić information content (AvgIpc) is 2.83. The zero-order valence-corrected chi connectivity index (χ0v) is 7.82. The molecule has 2 N–H and O–H groups in total. The second-order valence-electron chi connectivity index (χ2n) is 3.78. The fourth-order valence-electron chi connectivity index (χ4n) is 1.16. The highest BCUT2D eigenvalue weighted by molar-refractivity contribution is 5.86. The molecule has 74 valence electrons. The number of aromatic carboxylic acids is 1. The van der Waals surface area contributed by atoms with E-state index in [-0.39, 0.29) is 11.2 Å². The van der Waals surface area contributed by atoms with Gasteiger partial charge in [-0.3, -0.25) is 0 Å². The van der Waals surface area contributed by atoms with Crippen LogP contribution < -0.4 is 5.32 Å². The first-order valence-electron chi connectivity index (χ1n) is 4.43. The lowest BCUT2D eigenvalue weighted by Gasteiger charge is -2.11. The van der Waals surface area contributed by atoms with Gasteiger partial charge >= 0.3 is 5.97 Å². The highest BCUT2D eigenvalue weighted by atomic mass is 16.4. The van der Waals surface area contributed by atoms with Gasteiger partial charge in [0.2, 0.25) is 0 Å². The molecule has 1 fully saturated rings. The van der Waals surface area contributed by atoms with E-state index >= 15 is 0 Å². The van der Waals surface area contributed by atoms with Gasteiger partial charge in [0.25, 0.3) is 0 Å². The molecule has 1 saturated carbocycles. The number of aromatic nitrogens is 2. The number of hydrogen-bond donors (Lipinski definition) is 2. The molecule has 0 aromatic carbocycles. The van der Waals surface area contributed by atoms with E-state index in [0.717, 1.165) is 12.8 Å². The Bertz CT molecular complexity index is 374. The number of hydrogen-bond acceptors (Lipinski definition) is 4. The van der Waals surface area contributed by atoms with E-state index in [0.29, 0.717) is 5.82 Å². The lowest BCUT2D eigenvalue weighted by atomic mass is 10.3. The van der Waals surface area contributed by atoms with Gasteiger partial charge in [0.1, 0.15) is 12.1 Å². The molecule has 1 aromatic rings. The summed E-state index contributed by atoms with van der Waals surface area (Å²) in [7, 11) is 0. The second kappa shape index (κ2) is 2.94. The van der Waals surface area contributed by atoms with E-state index in [2.05, 4.69) is 22.2 Å². The minimum absolute atomic E-state index is 0.0201. The molecule has 0 saturated heterocycles. The molecule has 0 bridgehead atoms. The summed E-state index contributed by atoms with van der Waals surface area (Å²) in [5, 5.41) is 11.9. The number of nitrogens with zero attached hydrogens (tertiary/aromatic N) is 2. The molecule has 5 heteroatoms. The van der Waals surface area contributed by atoms with Crippen molar-refractivity contribution in [3.8, 4) is 0 Å². The van der Waals surface area contributed by atoms with Crippen molar-refractivity contribution in [3.63, 3.8) is 0 Å². The number of carbonyl (C=O) groups is 1. The minimum Gasteiger partial charge on any atom is -0.477 e. The summed E-state index contributed by atoms with van der Waals surface area (Å²) < 4.78 is 0. The molecule has 14 heavy (non-hydrogen) atoms. The Balaban J connectivity index is 2.17. The standard InChI is InChI=1S/C9H11N3O2/c1-9(2-3-9)12-7-4-6(8(13)14)10-5-11-7/h4-5H,2-3H2,1H3,(H,13,14)(H,10,11,12). The van der Waals surface area contributed by atoms with Gasteiger partial charge in [0.15, 0.2) is 5.69 Å². The van der Waals surface area contributed by atoms with Gasteiger partial charge in [-0.15, -0.1) is 0 Å². The number of nitrogens with one attached hydrogen (secondary N) is 1. The molecule has 1 aliphatic rings. The van der Waals surface area contributed by atoms with Crippen LogP contribution in [0, 0.1) is 0 Å². The molecule has 0 aliphatic heterocycles. The Morgan fingerprint density at radius 2 is 2.29 bits per heavy atom. The average molecular weight is 193 g/mol. The van der Waals surface area contributed by atoms with Gasteiger partial charge < -0.3 is 10.4 Å². The summed E-state index contributed by atoms with van der Waals surface area (Å²) in [6, 6.07) is 1.45. The van der Waals surface area contributed by atoms with Gasteiger partial charge in [0.05, 0.1) is 0 Å². The first kappa shape index (κ1) is 8.93. The van der Waals surface area contributed by atoms with Crippen molar-refractivity contribution in [2.75, 3.05) is 5.32 Å². The lowest BCUT2D eigenvalue weighted by molar-refractivity contribution is 0.0690. The van der Waals surface area contributed by atoms with Gasteiger partial charge in [-0.25, -0.2) is 14.8 Å². The zero-order valence-electron chi connectivity index (χ0n) is 7.82. The second-order valence-corrected chi connectivity index (χ2v) is 3.78. The van der Waals surface area contributed by atoms with Gasteiger partial charge in [-0.1, -0.05) is 0 Å². The van der Waals surface area contributed by atoms with Gasteiger partial charge in [-0.05, 0) is 19.8 Å². The Hall–Kier alpha value is -1.65. The third-order valence-corrected chi connectivity index (χ3v) is 2.32. The summed E-state index contributed by atoms with van der Waals surface area (Å²) in [4.78, 5) is 18.2. The predicted molar refractivity (Wildman–Crippen MR) is 50.3 cm³/mol. The molecule has 1 aliphatic carbocycles. The monoisotopic (exact) mass is 193 g/mol. The normalized spacial score (nSPS) is 17.5. The van der Waals surface area contributed by atoms with Crippen molar-refractivity contribution in [1.82, 2.24) is 9.97 Å². The largest absolute Gasteiger partial charge is 0.477 e. The van der Waals surface area contributed by atoms with Crippen LogP contribution in [0.15, 0.2) is 12.4 Å². The van der Waals surface area contributed by atoms with Crippen molar-refractivity contribution in [2.45, 2.75) is 25.3 Å². The first-order valence-corrected chi connectivity index (χ1v) is 4.43. The highest BCUT2D eigenvalue weighted by Crippen LogP contribution is 2.37. The molecule has 0 spiro atoms. The summed E-state index contributed by atoms with van der Waals surface area (Å²) in [5.74, 6) is -0.450. The van der Waals surface area contributed by atoms with E-state index in [1.54, 1.807) is 0 Å².